The zero-order chi connectivity index (χ0) is 29.2. The van der Waals surface area contributed by atoms with Crippen LogP contribution in [0.2, 0.25) is 10.0 Å². The Morgan fingerprint density at radius 2 is 1.75 bits per heavy atom. The first kappa shape index (κ1) is 30.1. The molecule has 210 valence electrons. The van der Waals surface area contributed by atoms with Gasteiger partial charge in [-0.3, -0.25) is 4.79 Å². The van der Waals surface area contributed by atoms with Crippen molar-refractivity contribution < 1.29 is 27.7 Å². The van der Waals surface area contributed by atoms with Crippen molar-refractivity contribution in [3.8, 4) is 0 Å². The number of aryl methyl sites for hydroxylation is 1. The summed E-state index contributed by atoms with van der Waals surface area (Å²) in [5.74, 6) is -2.08. The van der Waals surface area contributed by atoms with Crippen LogP contribution in [-0.4, -0.2) is 50.5 Å². The summed E-state index contributed by atoms with van der Waals surface area (Å²) < 4.78 is 37.2. The number of fused-ring (bicyclic) bond motifs is 1. The van der Waals surface area contributed by atoms with E-state index in [2.05, 4.69) is 17.5 Å². The molecule has 0 saturated heterocycles. The summed E-state index contributed by atoms with van der Waals surface area (Å²) in [5, 5.41) is 13.0. The van der Waals surface area contributed by atoms with Crippen LogP contribution in [-0.2, 0) is 38.5 Å². The van der Waals surface area contributed by atoms with Crippen molar-refractivity contribution in [2.24, 2.45) is 0 Å². The molecule has 2 atom stereocenters. The van der Waals surface area contributed by atoms with Crippen molar-refractivity contribution >= 4 is 63.4 Å². The number of halogens is 2. The van der Waals surface area contributed by atoms with Gasteiger partial charge in [0, 0.05) is 24.1 Å². The molecule has 1 aliphatic rings. The van der Waals surface area contributed by atoms with Crippen molar-refractivity contribution in [1.82, 2.24) is 5.32 Å². The van der Waals surface area contributed by atoms with Crippen LogP contribution in [0.15, 0.2) is 65.6 Å². The zero-order valence-electron chi connectivity index (χ0n) is 21.9. The zero-order valence-corrected chi connectivity index (χ0v) is 25.1. The topological polar surface area (TPSA) is 118 Å². The van der Waals surface area contributed by atoms with Crippen molar-refractivity contribution in [3.63, 3.8) is 0 Å². The first-order valence-corrected chi connectivity index (χ1v) is 17.4. The summed E-state index contributed by atoms with van der Waals surface area (Å²) in [7, 11) is -6.16. The second-order valence-corrected chi connectivity index (χ2v) is 16.0. The number of rotatable bonds is 10. The number of carboxylic acid groups (broad SMARTS) is 1. The van der Waals surface area contributed by atoms with Gasteiger partial charge in [0.15, 0.2) is 9.84 Å². The van der Waals surface area contributed by atoms with Gasteiger partial charge in [-0.2, -0.15) is 0 Å². The predicted molar refractivity (Wildman–Crippen MR) is 160 cm³/mol. The Hall–Kier alpha value is -2.90. The van der Waals surface area contributed by atoms with Gasteiger partial charge in [0.25, 0.3) is 5.91 Å². The lowest BCUT2D eigenvalue weighted by molar-refractivity contribution is -0.139. The Kier molecular flexibility index (Phi) is 8.96. The molecule has 1 aliphatic carbocycles. The number of carboxylic acids is 1. The van der Waals surface area contributed by atoms with E-state index in [4.69, 9.17) is 23.2 Å². The molecule has 40 heavy (non-hydrogen) atoms. The Balaban J connectivity index is 1.46. The number of benzene rings is 3. The lowest BCUT2D eigenvalue weighted by Crippen LogP contribution is -2.42. The Labute approximate surface area is 243 Å². The maximum atomic E-state index is 13.5. The molecule has 0 aliphatic heterocycles. The van der Waals surface area contributed by atoms with Crippen molar-refractivity contribution in [2.75, 3.05) is 19.1 Å². The average Bonchev–Trinajstić information content (AvgIpc) is 3.34. The molecule has 0 spiro atoms. The quantitative estimate of drug-likeness (QED) is 0.299. The summed E-state index contributed by atoms with van der Waals surface area (Å²) in [5.41, 5.74) is 3.34. The van der Waals surface area contributed by atoms with Gasteiger partial charge in [-0.25, -0.2) is 13.2 Å². The summed E-state index contributed by atoms with van der Waals surface area (Å²) in [6.07, 6.45) is 6.66. The number of allylic oxidation sites excluding steroid dienone is 1. The van der Waals surface area contributed by atoms with E-state index >= 15 is 0 Å². The van der Waals surface area contributed by atoms with Gasteiger partial charge in [-0.15, -0.1) is 0 Å². The number of carbonyl (C=O) groups is 2. The SMILES string of the molecule is CP(=O)(CCc1cc(Cl)c(C(=O)N[C@@H](Cc2cccc(S(C)(=O)=O)c2)C(=O)O)c(Cl)c1)c1ccc2c(c1)CC=C2. The van der Waals surface area contributed by atoms with E-state index in [-0.39, 0.29) is 26.9 Å². The largest absolute Gasteiger partial charge is 0.480 e. The van der Waals surface area contributed by atoms with Crippen LogP contribution in [0.5, 0.6) is 0 Å². The first-order valence-electron chi connectivity index (χ1n) is 12.4. The van der Waals surface area contributed by atoms with Gasteiger partial charge in [0.05, 0.1) is 20.5 Å². The van der Waals surface area contributed by atoms with Crippen LogP contribution < -0.4 is 10.6 Å². The van der Waals surface area contributed by atoms with Gasteiger partial charge < -0.3 is 15.0 Å². The molecular weight excluding hydrogens is 592 g/mol. The van der Waals surface area contributed by atoms with Gasteiger partial charge in [-0.1, -0.05) is 59.6 Å². The second-order valence-electron chi connectivity index (χ2n) is 9.99. The minimum Gasteiger partial charge on any atom is -0.480 e. The monoisotopic (exact) mass is 619 g/mol. The molecule has 1 unspecified atom stereocenters. The number of hydrogen-bond donors (Lipinski definition) is 2. The molecule has 0 bridgehead atoms. The third-order valence-corrected chi connectivity index (χ3v) is 11.0. The van der Waals surface area contributed by atoms with Crippen LogP contribution in [0.1, 0.15) is 32.6 Å². The number of nitrogens with one attached hydrogen (secondary N) is 1. The number of sulfone groups is 1. The van der Waals surface area contributed by atoms with E-state index in [1.165, 1.54) is 18.2 Å². The standard InChI is InChI=1S/C29H28Cl2NO6PS/c1-39(36,22-10-9-20-6-4-7-21(20)17-22)12-11-19-14-24(30)27(25(31)15-19)28(33)32-26(29(34)35)16-18-5-3-8-23(13-18)40(2,37)38/h3-6,8-10,13-15,17,26H,7,11-12,16H2,1-2H3,(H,32,33)(H,34,35)/t26-,39?/m0/s1. The van der Waals surface area contributed by atoms with Gasteiger partial charge in [0.2, 0.25) is 0 Å². The van der Waals surface area contributed by atoms with Crippen LogP contribution in [0.3, 0.4) is 0 Å². The highest BCUT2D eigenvalue weighted by molar-refractivity contribution is 7.90. The normalized spacial score (nSPS) is 14.8. The molecule has 1 amide bonds. The van der Waals surface area contributed by atoms with E-state index < -0.39 is 34.9 Å². The van der Waals surface area contributed by atoms with E-state index in [1.54, 1.807) is 24.9 Å². The third-order valence-electron chi connectivity index (χ3n) is 6.83. The van der Waals surface area contributed by atoms with E-state index in [9.17, 15) is 27.7 Å². The number of aliphatic carboxylic acids is 1. The first-order chi connectivity index (χ1) is 18.7. The summed E-state index contributed by atoms with van der Waals surface area (Å²) >= 11 is 12.8. The lowest BCUT2D eigenvalue weighted by atomic mass is 10.0. The maximum absolute atomic E-state index is 13.5. The van der Waals surface area contributed by atoms with Crippen LogP contribution in [0, 0.1) is 0 Å². The highest BCUT2D eigenvalue weighted by atomic mass is 35.5. The lowest BCUT2D eigenvalue weighted by Gasteiger charge is -2.18. The fourth-order valence-electron chi connectivity index (χ4n) is 4.57. The minimum absolute atomic E-state index is 0.0396. The van der Waals surface area contributed by atoms with Crippen LogP contribution >= 0.6 is 30.3 Å². The van der Waals surface area contributed by atoms with E-state index in [0.29, 0.717) is 23.7 Å². The molecule has 0 heterocycles. The fraction of sp³-hybridized carbons (Fsp3) is 0.241. The summed E-state index contributed by atoms with van der Waals surface area (Å²) in [6, 6.07) is 13.5. The summed E-state index contributed by atoms with van der Waals surface area (Å²) in [4.78, 5) is 25.0. The molecule has 3 aromatic carbocycles. The minimum atomic E-state index is -3.49. The Bertz CT molecular complexity index is 1660. The Morgan fingerprint density at radius 3 is 2.40 bits per heavy atom. The number of hydrogen-bond acceptors (Lipinski definition) is 5. The highest BCUT2D eigenvalue weighted by Crippen LogP contribution is 2.42. The third kappa shape index (κ3) is 7.05. The summed E-state index contributed by atoms with van der Waals surface area (Å²) in [6.45, 7) is 1.75. The molecule has 4 rings (SSSR count). The van der Waals surface area contributed by atoms with Gasteiger partial charge in [0.1, 0.15) is 13.2 Å². The molecule has 11 heteroatoms. The van der Waals surface area contributed by atoms with Crippen molar-refractivity contribution in [3.05, 3.63) is 98.5 Å². The molecule has 3 aromatic rings. The molecule has 0 saturated carbocycles. The Morgan fingerprint density at radius 1 is 1.05 bits per heavy atom. The van der Waals surface area contributed by atoms with Crippen LogP contribution in [0.4, 0.5) is 0 Å². The molecule has 0 fully saturated rings. The predicted octanol–water partition coefficient (Wildman–Crippen LogP) is 5.25. The molecule has 0 aromatic heterocycles. The maximum Gasteiger partial charge on any atom is 0.326 e. The number of amides is 1. The number of carbonyl (C=O) groups excluding carboxylic acids is 1. The molecule has 0 radical (unpaired) electrons. The van der Waals surface area contributed by atoms with Crippen molar-refractivity contribution in [2.45, 2.75) is 30.2 Å². The van der Waals surface area contributed by atoms with Gasteiger partial charge >= 0.3 is 5.97 Å². The van der Waals surface area contributed by atoms with Gasteiger partial charge in [-0.05, 0) is 72.1 Å². The molecular formula is C29H28Cl2NO6PS. The average molecular weight is 620 g/mol. The van der Waals surface area contributed by atoms with E-state index in [0.717, 1.165) is 29.1 Å². The highest BCUT2D eigenvalue weighted by Gasteiger charge is 2.26. The van der Waals surface area contributed by atoms with Crippen LogP contribution in [0.25, 0.3) is 6.08 Å². The smallest absolute Gasteiger partial charge is 0.326 e. The second kappa shape index (κ2) is 11.9. The van der Waals surface area contributed by atoms with E-state index in [1.807, 2.05) is 18.2 Å². The molecule has 7 nitrogen and oxygen atoms in total. The van der Waals surface area contributed by atoms with Crippen molar-refractivity contribution in [1.29, 1.82) is 0 Å². The molecule has 2 N–H and O–H groups in total. The fourth-order valence-corrected chi connectivity index (χ4v) is 7.72.